The van der Waals surface area contributed by atoms with Crippen LogP contribution in [-0.2, 0) is 16.1 Å². The third-order valence-corrected chi connectivity index (χ3v) is 3.30. The molecule has 0 unspecified atom stereocenters. The van der Waals surface area contributed by atoms with E-state index in [1.54, 1.807) is 18.4 Å². The van der Waals surface area contributed by atoms with Crippen molar-refractivity contribution in [2.75, 3.05) is 0 Å². The Morgan fingerprint density at radius 1 is 1.05 bits per heavy atom. The molecule has 22 heavy (non-hydrogen) atoms. The van der Waals surface area contributed by atoms with Crippen LogP contribution in [0.15, 0.2) is 53.1 Å². The van der Waals surface area contributed by atoms with E-state index in [-0.39, 0.29) is 30.7 Å². The van der Waals surface area contributed by atoms with Gasteiger partial charge in [0.15, 0.2) is 0 Å². The summed E-state index contributed by atoms with van der Waals surface area (Å²) in [5.74, 6) is 0.388. The molecule has 2 amide bonds. The Hall–Kier alpha value is -2.56. The maximum atomic E-state index is 11.9. The molecule has 5 nitrogen and oxygen atoms in total. The Labute approximate surface area is 129 Å². The van der Waals surface area contributed by atoms with Crippen LogP contribution < -0.4 is 10.6 Å². The second-order valence-electron chi connectivity index (χ2n) is 5.06. The van der Waals surface area contributed by atoms with Crippen LogP contribution in [0.5, 0.6) is 0 Å². The van der Waals surface area contributed by atoms with Gasteiger partial charge in [0.2, 0.25) is 11.8 Å². The van der Waals surface area contributed by atoms with Gasteiger partial charge < -0.3 is 15.1 Å². The van der Waals surface area contributed by atoms with E-state index in [4.69, 9.17) is 4.42 Å². The van der Waals surface area contributed by atoms with Gasteiger partial charge in [0.25, 0.3) is 0 Å². The first-order valence-electron chi connectivity index (χ1n) is 7.28. The first kappa shape index (κ1) is 15.8. The van der Waals surface area contributed by atoms with Crippen molar-refractivity contribution in [2.24, 2.45) is 0 Å². The summed E-state index contributed by atoms with van der Waals surface area (Å²) in [6.45, 7) is 2.26. The van der Waals surface area contributed by atoms with E-state index in [9.17, 15) is 9.59 Å². The van der Waals surface area contributed by atoms with Crippen LogP contribution in [0.25, 0.3) is 0 Å². The summed E-state index contributed by atoms with van der Waals surface area (Å²) in [6, 6.07) is 13.2. The van der Waals surface area contributed by atoms with Gasteiger partial charge in [0, 0.05) is 12.8 Å². The van der Waals surface area contributed by atoms with Crippen molar-refractivity contribution in [1.29, 1.82) is 0 Å². The number of hydrogen-bond donors (Lipinski definition) is 2. The molecule has 116 valence electrons. The van der Waals surface area contributed by atoms with Crippen molar-refractivity contribution in [3.63, 3.8) is 0 Å². The maximum absolute atomic E-state index is 11.9. The third kappa shape index (κ3) is 5.09. The molecule has 0 radical (unpaired) electrons. The molecule has 0 aliphatic rings. The molecule has 1 heterocycles. The average Bonchev–Trinajstić information content (AvgIpc) is 3.05. The van der Waals surface area contributed by atoms with Crippen molar-refractivity contribution in [1.82, 2.24) is 10.6 Å². The monoisotopic (exact) mass is 300 g/mol. The maximum Gasteiger partial charge on any atom is 0.220 e. The first-order valence-corrected chi connectivity index (χ1v) is 7.28. The summed E-state index contributed by atoms with van der Waals surface area (Å²) in [5, 5.41) is 5.60. The normalized spacial score (nSPS) is 11.7. The van der Waals surface area contributed by atoms with Crippen LogP contribution in [-0.4, -0.2) is 11.8 Å². The van der Waals surface area contributed by atoms with Gasteiger partial charge in [-0.3, -0.25) is 9.59 Å². The van der Waals surface area contributed by atoms with Crippen molar-refractivity contribution >= 4 is 11.8 Å². The molecule has 5 heteroatoms. The molecule has 0 spiro atoms. The number of carbonyl (C=O) groups excluding carboxylic acids is 2. The summed E-state index contributed by atoms with van der Waals surface area (Å²) in [4.78, 5) is 23.5. The van der Waals surface area contributed by atoms with E-state index in [1.807, 2.05) is 37.3 Å². The summed E-state index contributed by atoms with van der Waals surface area (Å²) in [6.07, 6.45) is 1.88. The zero-order valence-electron chi connectivity index (χ0n) is 12.5. The summed E-state index contributed by atoms with van der Waals surface area (Å²) in [7, 11) is 0. The van der Waals surface area contributed by atoms with Gasteiger partial charge in [-0.1, -0.05) is 30.3 Å². The highest BCUT2D eigenvalue weighted by Crippen LogP contribution is 2.11. The summed E-state index contributed by atoms with van der Waals surface area (Å²) in [5.41, 5.74) is 1.04. The van der Waals surface area contributed by atoms with Crippen molar-refractivity contribution in [3.8, 4) is 0 Å². The zero-order chi connectivity index (χ0) is 15.8. The van der Waals surface area contributed by atoms with E-state index < -0.39 is 0 Å². The molecule has 0 bridgehead atoms. The standard InChI is InChI=1S/C17H20N2O3/c1-13(14-6-3-2-4-7-14)19-17(21)10-9-16(20)18-12-15-8-5-11-22-15/h2-8,11,13H,9-10,12H2,1H3,(H,18,20)(H,19,21)/t13-/m1/s1. The van der Waals surface area contributed by atoms with Gasteiger partial charge in [-0.15, -0.1) is 0 Å². The zero-order valence-corrected chi connectivity index (χ0v) is 12.5. The lowest BCUT2D eigenvalue weighted by Gasteiger charge is -2.14. The van der Waals surface area contributed by atoms with E-state index in [0.29, 0.717) is 12.3 Å². The van der Waals surface area contributed by atoms with Gasteiger partial charge in [0.1, 0.15) is 5.76 Å². The molecule has 0 saturated carbocycles. The van der Waals surface area contributed by atoms with Gasteiger partial charge in [0.05, 0.1) is 18.8 Å². The highest BCUT2D eigenvalue weighted by Gasteiger charge is 2.11. The van der Waals surface area contributed by atoms with Gasteiger partial charge in [-0.2, -0.15) is 0 Å². The number of furan rings is 1. The lowest BCUT2D eigenvalue weighted by molar-refractivity contribution is -0.126. The number of amides is 2. The Kier molecular flexibility index (Phi) is 5.77. The molecule has 1 aromatic carbocycles. The first-order chi connectivity index (χ1) is 10.6. The third-order valence-electron chi connectivity index (χ3n) is 3.30. The fourth-order valence-corrected chi connectivity index (χ4v) is 2.05. The predicted molar refractivity (Wildman–Crippen MR) is 82.8 cm³/mol. The number of benzene rings is 1. The molecule has 2 rings (SSSR count). The lowest BCUT2D eigenvalue weighted by Crippen LogP contribution is -2.29. The average molecular weight is 300 g/mol. The SMILES string of the molecule is C[C@@H](NC(=O)CCC(=O)NCc1ccco1)c1ccccc1. The minimum Gasteiger partial charge on any atom is -0.467 e. The van der Waals surface area contributed by atoms with Crippen LogP contribution in [0.4, 0.5) is 0 Å². The molecule has 0 fully saturated rings. The van der Waals surface area contributed by atoms with E-state index in [0.717, 1.165) is 5.56 Å². The van der Waals surface area contributed by atoms with Gasteiger partial charge in [-0.05, 0) is 24.6 Å². The fraction of sp³-hybridized carbons (Fsp3) is 0.294. The van der Waals surface area contributed by atoms with Crippen molar-refractivity contribution in [2.45, 2.75) is 32.4 Å². The molecule has 0 saturated heterocycles. The van der Waals surface area contributed by atoms with Crippen LogP contribution >= 0.6 is 0 Å². The van der Waals surface area contributed by atoms with Crippen LogP contribution in [0.2, 0.25) is 0 Å². The summed E-state index contributed by atoms with van der Waals surface area (Å²) < 4.78 is 5.12. The van der Waals surface area contributed by atoms with Crippen LogP contribution in [0.1, 0.15) is 37.1 Å². The Morgan fingerprint density at radius 2 is 1.77 bits per heavy atom. The Balaban J connectivity index is 1.67. The quantitative estimate of drug-likeness (QED) is 0.825. The molecule has 0 aliphatic carbocycles. The summed E-state index contributed by atoms with van der Waals surface area (Å²) >= 11 is 0. The second kappa shape index (κ2) is 8.02. The smallest absolute Gasteiger partial charge is 0.220 e. The number of nitrogens with one attached hydrogen (secondary N) is 2. The molecule has 2 aromatic rings. The molecule has 2 N–H and O–H groups in total. The molecule has 1 aromatic heterocycles. The highest BCUT2D eigenvalue weighted by atomic mass is 16.3. The lowest BCUT2D eigenvalue weighted by atomic mass is 10.1. The minimum absolute atomic E-state index is 0.0696. The van der Waals surface area contributed by atoms with E-state index in [2.05, 4.69) is 10.6 Å². The predicted octanol–water partition coefficient (Wildman–Crippen LogP) is 2.55. The Morgan fingerprint density at radius 3 is 2.45 bits per heavy atom. The van der Waals surface area contributed by atoms with Gasteiger partial charge >= 0.3 is 0 Å². The molecular formula is C17H20N2O3. The topological polar surface area (TPSA) is 71.3 Å². The Bertz CT molecular complexity index is 594. The second-order valence-corrected chi connectivity index (χ2v) is 5.06. The van der Waals surface area contributed by atoms with Crippen molar-refractivity contribution in [3.05, 3.63) is 60.1 Å². The molecule has 0 aliphatic heterocycles. The number of carbonyl (C=O) groups is 2. The van der Waals surface area contributed by atoms with Gasteiger partial charge in [-0.25, -0.2) is 0 Å². The van der Waals surface area contributed by atoms with Crippen molar-refractivity contribution < 1.29 is 14.0 Å². The number of hydrogen-bond acceptors (Lipinski definition) is 3. The highest BCUT2D eigenvalue weighted by molar-refractivity contribution is 5.83. The number of rotatable bonds is 7. The minimum atomic E-state index is -0.168. The molecule has 1 atom stereocenters. The molecular weight excluding hydrogens is 280 g/mol. The fourth-order valence-electron chi connectivity index (χ4n) is 2.05. The van der Waals surface area contributed by atoms with Crippen LogP contribution in [0.3, 0.4) is 0 Å². The van der Waals surface area contributed by atoms with E-state index in [1.165, 1.54) is 0 Å². The van der Waals surface area contributed by atoms with Crippen LogP contribution in [0, 0.1) is 0 Å². The largest absolute Gasteiger partial charge is 0.467 e. The van der Waals surface area contributed by atoms with E-state index >= 15 is 0 Å².